The molecule has 0 unspecified atom stereocenters. The van der Waals surface area contributed by atoms with E-state index in [0.29, 0.717) is 33.7 Å². The zero-order valence-corrected chi connectivity index (χ0v) is 15.9. The second-order valence-corrected chi connectivity index (χ2v) is 9.35. The highest BCUT2D eigenvalue weighted by Gasteiger charge is 2.34. The molecule has 24 heavy (non-hydrogen) atoms. The van der Waals surface area contributed by atoms with Crippen molar-refractivity contribution in [2.24, 2.45) is 0 Å². The minimum atomic E-state index is -3.43. The van der Waals surface area contributed by atoms with E-state index in [1.165, 1.54) is 15.6 Å². The van der Waals surface area contributed by atoms with Crippen molar-refractivity contribution >= 4 is 65.8 Å². The SMILES string of the molecule is CS(=O)(=O)N1CCCC[C@@H]1C(=O)Nc1nc2c(Cl)c(Cl)ccc2s1. The fraction of sp³-hybridized carbons (Fsp3) is 0.429. The number of aromatic nitrogens is 1. The third kappa shape index (κ3) is 3.52. The molecule has 130 valence electrons. The number of rotatable bonds is 3. The average Bonchev–Trinajstić information content (AvgIpc) is 2.93. The molecule has 1 aliphatic rings. The van der Waals surface area contributed by atoms with Crippen LogP contribution in [0.5, 0.6) is 0 Å². The Morgan fingerprint density at radius 1 is 1.38 bits per heavy atom. The van der Waals surface area contributed by atoms with Gasteiger partial charge in [-0.25, -0.2) is 13.4 Å². The molecule has 1 aromatic carbocycles. The molecule has 1 aliphatic heterocycles. The van der Waals surface area contributed by atoms with Gasteiger partial charge >= 0.3 is 0 Å². The minimum Gasteiger partial charge on any atom is -0.301 e. The van der Waals surface area contributed by atoms with Crippen LogP contribution in [-0.4, -0.2) is 42.5 Å². The van der Waals surface area contributed by atoms with Crippen LogP contribution in [0.15, 0.2) is 12.1 Å². The van der Waals surface area contributed by atoms with Gasteiger partial charge in [-0.2, -0.15) is 4.31 Å². The molecule has 1 N–H and O–H groups in total. The van der Waals surface area contributed by atoms with Crippen LogP contribution >= 0.6 is 34.5 Å². The van der Waals surface area contributed by atoms with E-state index in [1.54, 1.807) is 12.1 Å². The molecule has 1 atom stereocenters. The number of benzene rings is 1. The fourth-order valence-electron chi connectivity index (χ4n) is 2.74. The number of fused-ring (bicyclic) bond motifs is 1. The summed E-state index contributed by atoms with van der Waals surface area (Å²) in [5.74, 6) is -0.374. The Morgan fingerprint density at radius 2 is 2.12 bits per heavy atom. The molecular weight excluding hydrogens is 393 g/mol. The molecular formula is C14H15Cl2N3O3S2. The number of nitrogens with one attached hydrogen (secondary N) is 1. The number of halogens is 2. The summed E-state index contributed by atoms with van der Waals surface area (Å²) in [5.41, 5.74) is 0.521. The number of piperidine rings is 1. The molecule has 10 heteroatoms. The number of anilines is 1. The summed E-state index contributed by atoms with van der Waals surface area (Å²) in [4.78, 5) is 16.8. The lowest BCUT2D eigenvalue weighted by Gasteiger charge is -2.32. The number of amides is 1. The fourth-order valence-corrected chi connectivity index (χ4v) is 5.16. The van der Waals surface area contributed by atoms with Crippen molar-refractivity contribution in [2.45, 2.75) is 25.3 Å². The van der Waals surface area contributed by atoms with E-state index >= 15 is 0 Å². The van der Waals surface area contributed by atoms with Gasteiger partial charge in [0, 0.05) is 6.54 Å². The Morgan fingerprint density at radius 3 is 2.83 bits per heavy atom. The van der Waals surface area contributed by atoms with Gasteiger partial charge in [-0.1, -0.05) is 41.0 Å². The summed E-state index contributed by atoms with van der Waals surface area (Å²) in [6.07, 6.45) is 3.19. The van der Waals surface area contributed by atoms with Gasteiger partial charge in [0.2, 0.25) is 15.9 Å². The van der Waals surface area contributed by atoms with E-state index in [4.69, 9.17) is 23.2 Å². The molecule has 0 aliphatic carbocycles. The number of thiazole rings is 1. The highest BCUT2D eigenvalue weighted by Crippen LogP contribution is 2.35. The van der Waals surface area contributed by atoms with Crippen LogP contribution in [0.1, 0.15) is 19.3 Å². The summed E-state index contributed by atoms with van der Waals surface area (Å²) >= 11 is 13.4. The molecule has 0 spiro atoms. The first kappa shape index (κ1) is 17.9. The standard InChI is InChI=1S/C14H15Cl2N3O3S2/c1-24(21,22)19-7-3-2-4-9(19)13(20)18-14-17-12-10(23-14)6-5-8(15)11(12)16/h5-6,9H,2-4,7H2,1H3,(H,17,18,20)/t9-/m1/s1. The predicted octanol–water partition coefficient (Wildman–Crippen LogP) is 3.36. The summed E-state index contributed by atoms with van der Waals surface area (Å²) in [5, 5.41) is 3.81. The van der Waals surface area contributed by atoms with Crippen molar-refractivity contribution in [1.29, 1.82) is 0 Å². The highest BCUT2D eigenvalue weighted by molar-refractivity contribution is 7.88. The lowest BCUT2D eigenvalue weighted by molar-refractivity contribution is -0.120. The molecule has 0 saturated carbocycles. The zero-order chi connectivity index (χ0) is 17.5. The first-order valence-electron chi connectivity index (χ1n) is 7.29. The van der Waals surface area contributed by atoms with E-state index in [9.17, 15) is 13.2 Å². The summed E-state index contributed by atoms with van der Waals surface area (Å²) in [6.45, 7) is 0.359. The Balaban J connectivity index is 1.85. The molecule has 1 aromatic heterocycles. The lowest BCUT2D eigenvalue weighted by Crippen LogP contribution is -2.49. The van der Waals surface area contributed by atoms with Crippen molar-refractivity contribution in [3.8, 4) is 0 Å². The van der Waals surface area contributed by atoms with E-state index in [1.807, 2.05) is 0 Å². The maximum absolute atomic E-state index is 12.5. The largest absolute Gasteiger partial charge is 0.301 e. The summed E-state index contributed by atoms with van der Waals surface area (Å²) < 4.78 is 25.8. The minimum absolute atomic E-state index is 0.335. The maximum Gasteiger partial charge on any atom is 0.244 e. The van der Waals surface area contributed by atoms with Gasteiger partial charge in [-0.3, -0.25) is 4.79 Å². The molecule has 3 rings (SSSR count). The maximum atomic E-state index is 12.5. The van der Waals surface area contributed by atoms with Crippen molar-refractivity contribution in [3.05, 3.63) is 22.2 Å². The average molecular weight is 408 g/mol. The van der Waals surface area contributed by atoms with Crippen molar-refractivity contribution in [2.75, 3.05) is 18.1 Å². The van der Waals surface area contributed by atoms with Gasteiger partial charge in [-0.15, -0.1) is 0 Å². The van der Waals surface area contributed by atoms with Crippen molar-refractivity contribution in [3.63, 3.8) is 0 Å². The Hall–Kier alpha value is -0.930. The smallest absolute Gasteiger partial charge is 0.244 e. The van der Waals surface area contributed by atoms with Crippen LogP contribution in [0, 0.1) is 0 Å². The van der Waals surface area contributed by atoms with Crippen LogP contribution in [0.4, 0.5) is 5.13 Å². The third-order valence-electron chi connectivity index (χ3n) is 3.86. The van der Waals surface area contributed by atoms with Crippen LogP contribution in [0.3, 0.4) is 0 Å². The number of carbonyl (C=O) groups is 1. The van der Waals surface area contributed by atoms with Gasteiger partial charge in [-0.05, 0) is 25.0 Å². The van der Waals surface area contributed by atoms with Gasteiger partial charge < -0.3 is 5.32 Å². The number of carbonyl (C=O) groups excluding carboxylic acids is 1. The normalized spacial score (nSPS) is 19.5. The Bertz CT molecular complexity index is 898. The van der Waals surface area contributed by atoms with E-state index in [0.717, 1.165) is 23.8 Å². The first-order chi connectivity index (χ1) is 11.3. The Labute approximate surface area is 153 Å². The molecule has 1 saturated heterocycles. The topological polar surface area (TPSA) is 79.4 Å². The third-order valence-corrected chi connectivity index (χ3v) is 6.88. The molecule has 1 fully saturated rings. The van der Waals surface area contributed by atoms with Gasteiger partial charge in [0.15, 0.2) is 5.13 Å². The first-order valence-corrected chi connectivity index (χ1v) is 10.7. The monoisotopic (exact) mass is 407 g/mol. The van der Waals surface area contributed by atoms with Gasteiger partial charge in [0.05, 0.1) is 21.0 Å². The summed E-state index contributed by atoms with van der Waals surface area (Å²) in [7, 11) is -3.43. The number of nitrogens with zero attached hydrogens (tertiary/aromatic N) is 2. The molecule has 6 nitrogen and oxygen atoms in total. The van der Waals surface area contributed by atoms with Crippen molar-refractivity contribution in [1.82, 2.24) is 9.29 Å². The molecule has 2 aromatic rings. The number of hydrogen-bond acceptors (Lipinski definition) is 5. The van der Waals surface area contributed by atoms with E-state index in [2.05, 4.69) is 10.3 Å². The van der Waals surface area contributed by atoms with Gasteiger partial charge in [0.1, 0.15) is 11.6 Å². The van der Waals surface area contributed by atoms with E-state index < -0.39 is 16.1 Å². The highest BCUT2D eigenvalue weighted by atomic mass is 35.5. The van der Waals surface area contributed by atoms with Crippen LogP contribution in [0.2, 0.25) is 10.0 Å². The quantitative estimate of drug-likeness (QED) is 0.845. The molecule has 0 radical (unpaired) electrons. The molecule has 2 heterocycles. The van der Waals surface area contributed by atoms with E-state index in [-0.39, 0.29) is 5.91 Å². The zero-order valence-electron chi connectivity index (χ0n) is 12.8. The molecule has 1 amide bonds. The van der Waals surface area contributed by atoms with Crippen LogP contribution in [-0.2, 0) is 14.8 Å². The van der Waals surface area contributed by atoms with Gasteiger partial charge in [0.25, 0.3) is 0 Å². The number of hydrogen-bond donors (Lipinski definition) is 1. The predicted molar refractivity (Wildman–Crippen MR) is 97.5 cm³/mol. The summed E-state index contributed by atoms with van der Waals surface area (Å²) in [6, 6.07) is 2.74. The molecule has 0 bridgehead atoms. The van der Waals surface area contributed by atoms with Crippen molar-refractivity contribution < 1.29 is 13.2 Å². The van der Waals surface area contributed by atoms with Crippen LogP contribution in [0.25, 0.3) is 10.2 Å². The van der Waals surface area contributed by atoms with Crippen LogP contribution < -0.4 is 5.32 Å². The lowest BCUT2D eigenvalue weighted by atomic mass is 10.0. The number of sulfonamides is 1. The Kier molecular flexibility index (Phi) is 5.04. The second kappa shape index (κ2) is 6.76. The second-order valence-electron chi connectivity index (χ2n) is 5.60.